The number of unbranched alkanes of at least 4 members (excludes halogenated alkanes) is 1. The van der Waals surface area contributed by atoms with Gasteiger partial charge in [0.15, 0.2) is 11.5 Å². The first kappa shape index (κ1) is 21.1. The molecule has 158 valence electrons. The van der Waals surface area contributed by atoms with Gasteiger partial charge in [0.05, 0.1) is 19.5 Å². The molecule has 1 atom stereocenters. The zero-order valence-electron chi connectivity index (χ0n) is 18.5. The van der Waals surface area contributed by atoms with E-state index in [2.05, 4.69) is 35.2 Å². The summed E-state index contributed by atoms with van der Waals surface area (Å²) in [5.74, 6) is 2.44. The van der Waals surface area contributed by atoms with E-state index >= 15 is 0 Å². The van der Waals surface area contributed by atoms with Crippen LogP contribution in [0.5, 0.6) is 5.75 Å². The van der Waals surface area contributed by atoms with Gasteiger partial charge in [0, 0.05) is 31.8 Å². The highest BCUT2D eigenvalue weighted by molar-refractivity contribution is 6.01. The summed E-state index contributed by atoms with van der Waals surface area (Å²) >= 11 is 0. The molecular weight excluding hydrogens is 366 g/mol. The van der Waals surface area contributed by atoms with E-state index in [0.29, 0.717) is 18.2 Å². The number of hydrogen-bond donors (Lipinski definition) is 0. The second-order valence-electron chi connectivity index (χ2n) is 7.65. The summed E-state index contributed by atoms with van der Waals surface area (Å²) in [5, 5.41) is 0. The number of ether oxygens (including phenoxy) is 1. The maximum Gasteiger partial charge on any atom is 0.275 e. The molecule has 1 aliphatic heterocycles. The van der Waals surface area contributed by atoms with E-state index in [9.17, 15) is 4.79 Å². The molecule has 3 heterocycles. The number of methoxy groups -OCH3 is 1. The number of pyridine rings is 1. The molecule has 0 saturated heterocycles. The highest BCUT2D eigenvalue weighted by Gasteiger charge is 2.37. The van der Waals surface area contributed by atoms with Crippen LogP contribution in [0.15, 0.2) is 12.3 Å². The lowest BCUT2D eigenvalue weighted by molar-refractivity contribution is 0.0772. The minimum Gasteiger partial charge on any atom is -0.494 e. The highest BCUT2D eigenvalue weighted by Crippen LogP contribution is 2.41. The van der Waals surface area contributed by atoms with Gasteiger partial charge >= 0.3 is 0 Å². The molecular formula is C22H33N5O2. The van der Waals surface area contributed by atoms with Crippen LogP contribution < -0.4 is 9.64 Å². The predicted octanol–water partition coefficient (Wildman–Crippen LogP) is 4.48. The number of imidazole rings is 1. The van der Waals surface area contributed by atoms with Crippen molar-refractivity contribution in [3.05, 3.63) is 29.5 Å². The third-order valence-corrected chi connectivity index (χ3v) is 5.73. The lowest BCUT2D eigenvalue weighted by Crippen LogP contribution is -2.43. The van der Waals surface area contributed by atoms with Crippen molar-refractivity contribution in [2.75, 3.05) is 25.7 Å². The average Bonchev–Trinajstić information content (AvgIpc) is 3.11. The monoisotopic (exact) mass is 399 g/mol. The van der Waals surface area contributed by atoms with E-state index in [1.807, 2.05) is 20.0 Å². The van der Waals surface area contributed by atoms with E-state index in [1.54, 1.807) is 18.2 Å². The molecule has 2 aromatic rings. The van der Waals surface area contributed by atoms with E-state index in [-0.39, 0.29) is 11.9 Å². The Labute approximate surface area is 173 Å². The largest absolute Gasteiger partial charge is 0.494 e. The number of hydrogen-bond acceptors (Lipinski definition) is 5. The second kappa shape index (κ2) is 8.84. The highest BCUT2D eigenvalue weighted by atomic mass is 16.5. The summed E-state index contributed by atoms with van der Waals surface area (Å²) in [6.07, 6.45) is 6.82. The van der Waals surface area contributed by atoms with Crippen molar-refractivity contribution in [3.8, 4) is 5.75 Å². The quantitative estimate of drug-likeness (QED) is 0.655. The molecule has 3 rings (SSSR count). The van der Waals surface area contributed by atoms with Gasteiger partial charge in [-0.05, 0) is 19.8 Å². The second-order valence-corrected chi connectivity index (χ2v) is 7.65. The van der Waals surface area contributed by atoms with Gasteiger partial charge in [0.1, 0.15) is 17.3 Å². The summed E-state index contributed by atoms with van der Waals surface area (Å²) < 4.78 is 7.82. The van der Waals surface area contributed by atoms with Crippen LogP contribution in [-0.4, -0.2) is 46.2 Å². The van der Waals surface area contributed by atoms with E-state index in [0.717, 1.165) is 55.1 Å². The third-order valence-electron chi connectivity index (χ3n) is 5.73. The lowest BCUT2D eigenvalue weighted by atomic mass is 10.1. The summed E-state index contributed by atoms with van der Waals surface area (Å²) in [5.41, 5.74) is 2.40. The van der Waals surface area contributed by atoms with Crippen LogP contribution in [0, 0.1) is 6.92 Å². The number of aryl methyl sites for hydroxylation is 2. The summed E-state index contributed by atoms with van der Waals surface area (Å²) in [6.45, 7) is 8.87. The van der Waals surface area contributed by atoms with Crippen LogP contribution in [-0.2, 0) is 6.42 Å². The smallest absolute Gasteiger partial charge is 0.275 e. The molecule has 1 unspecified atom stereocenters. The van der Waals surface area contributed by atoms with Crippen LogP contribution in [0.3, 0.4) is 0 Å². The summed E-state index contributed by atoms with van der Waals surface area (Å²) in [4.78, 5) is 26.5. The molecule has 0 radical (unpaired) electrons. The Morgan fingerprint density at radius 1 is 1.28 bits per heavy atom. The number of rotatable bonds is 8. The predicted molar refractivity (Wildman–Crippen MR) is 115 cm³/mol. The van der Waals surface area contributed by atoms with Crippen molar-refractivity contribution >= 4 is 17.4 Å². The minimum absolute atomic E-state index is 0.0268. The Hall–Kier alpha value is -2.57. The van der Waals surface area contributed by atoms with Crippen LogP contribution >= 0.6 is 0 Å². The minimum atomic E-state index is 0.0268. The van der Waals surface area contributed by atoms with Crippen LogP contribution in [0.25, 0.3) is 0 Å². The van der Waals surface area contributed by atoms with Gasteiger partial charge < -0.3 is 19.1 Å². The molecule has 1 aliphatic rings. The topological polar surface area (TPSA) is 63.5 Å². The molecule has 0 saturated carbocycles. The average molecular weight is 400 g/mol. The fourth-order valence-corrected chi connectivity index (χ4v) is 4.18. The summed E-state index contributed by atoms with van der Waals surface area (Å²) in [7, 11) is 3.50. The van der Waals surface area contributed by atoms with Crippen LogP contribution in [0.2, 0.25) is 0 Å². The molecule has 0 N–H and O–H groups in total. The SMILES string of the molecule is CCCCC(CC)n1c(CC)nc2c1C(=O)N(C)CN2c1c(OC)ccnc1C. The number of fused-ring (bicyclic) bond motifs is 1. The normalized spacial score (nSPS) is 14.9. The Morgan fingerprint density at radius 3 is 2.66 bits per heavy atom. The van der Waals surface area contributed by atoms with Gasteiger partial charge in [-0.2, -0.15) is 0 Å². The number of anilines is 2. The van der Waals surface area contributed by atoms with Gasteiger partial charge in [0.25, 0.3) is 5.91 Å². The van der Waals surface area contributed by atoms with Gasteiger partial charge in [0.2, 0.25) is 0 Å². The first-order valence-corrected chi connectivity index (χ1v) is 10.6. The number of aromatic nitrogens is 3. The first-order chi connectivity index (χ1) is 14.0. The first-order valence-electron chi connectivity index (χ1n) is 10.6. The maximum absolute atomic E-state index is 13.3. The molecule has 0 aromatic carbocycles. The van der Waals surface area contributed by atoms with Gasteiger partial charge in [-0.3, -0.25) is 9.78 Å². The van der Waals surface area contributed by atoms with Gasteiger partial charge in [-0.1, -0.05) is 33.6 Å². The molecule has 0 bridgehead atoms. The molecule has 7 heteroatoms. The van der Waals surface area contributed by atoms with Crippen LogP contribution in [0.1, 0.15) is 74.5 Å². The zero-order valence-corrected chi connectivity index (χ0v) is 18.5. The number of amides is 1. The molecule has 29 heavy (non-hydrogen) atoms. The number of carbonyl (C=O) groups excluding carboxylic acids is 1. The Balaban J connectivity index is 2.21. The fraction of sp³-hybridized carbons (Fsp3) is 0.591. The van der Waals surface area contributed by atoms with E-state index in [1.165, 1.54) is 0 Å². The number of nitrogens with zero attached hydrogens (tertiary/aromatic N) is 5. The van der Waals surface area contributed by atoms with Crippen molar-refractivity contribution in [3.63, 3.8) is 0 Å². The van der Waals surface area contributed by atoms with Crippen molar-refractivity contribution < 1.29 is 9.53 Å². The van der Waals surface area contributed by atoms with Crippen LogP contribution in [0.4, 0.5) is 11.5 Å². The molecule has 2 aromatic heterocycles. The van der Waals surface area contributed by atoms with Crippen molar-refractivity contribution in [1.82, 2.24) is 19.4 Å². The molecule has 0 fully saturated rings. The fourth-order valence-electron chi connectivity index (χ4n) is 4.18. The Morgan fingerprint density at radius 2 is 2.03 bits per heavy atom. The van der Waals surface area contributed by atoms with Gasteiger partial charge in [-0.15, -0.1) is 0 Å². The molecule has 0 spiro atoms. The molecule has 1 amide bonds. The maximum atomic E-state index is 13.3. The van der Waals surface area contributed by atoms with Crippen molar-refractivity contribution in [1.29, 1.82) is 0 Å². The van der Waals surface area contributed by atoms with Crippen molar-refractivity contribution in [2.24, 2.45) is 0 Å². The Kier molecular flexibility index (Phi) is 6.45. The molecule has 7 nitrogen and oxygen atoms in total. The van der Waals surface area contributed by atoms with E-state index < -0.39 is 0 Å². The Bertz CT molecular complexity index is 876. The zero-order chi connectivity index (χ0) is 21.1. The van der Waals surface area contributed by atoms with E-state index in [4.69, 9.17) is 9.72 Å². The van der Waals surface area contributed by atoms with Crippen molar-refractivity contribution in [2.45, 2.75) is 65.8 Å². The van der Waals surface area contributed by atoms with Gasteiger partial charge in [-0.25, -0.2) is 4.98 Å². The molecule has 0 aliphatic carbocycles. The number of carbonyl (C=O) groups is 1. The lowest BCUT2D eigenvalue weighted by Gasteiger charge is -2.35. The summed E-state index contributed by atoms with van der Waals surface area (Å²) in [6, 6.07) is 2.13. The third kappa shape index (κ3) is 3.70. The standard InChI is InChI=1S/C22H33N5O2/c1-7-10-11-16(8-2)27-18(9-3)24-21-20(27)22(28)25(5)14-26(21)19-15(4)23-13-12-17(19)29-6/h12-13,16H,7-11,14H2,1-6H3.